The number of aliphatic carboxylic acids is 1. The van der Waals surface area contributed by atoms with Crippen LogP contribution in [-0.4, -0.2) is 80.8 Å². The van der Waals surface area contributed by atoms with E-state index in [0.29, 0.717) is 17.9 Å². The summed E-state index contributed by atoms with van der Waals surface area (Å²) in [4.78, 5) is 67.0. The van der Waals surface area contributed by atoms with Gasteiger partial charge in [0, 0.05) is 24.7 Å². The number of carbonyl (C=O) groups is 5. The first-order valence-electron chi connectivity index (χ1n) is 10.2. The summed E-state index contributed by atoms with van der Waals surface area (Å²) in [5, 5.41) is 16.8. The van der Waals surface area contributed by atoms with Gasteiger partial charge in [-0.3, -0.25) is 19.2 Å². The van der Waals surface area contributed by atoms with E-state index in [1.165, 1.54) is 31.2 Å². The lowest BCUT2D eigenvalue weighted by Crippen LogP contribution is -2.57. The molecule has 0 radical (unpaired) electrons. The molecule has 0 aliphatic carbocycles. The van der Waals surface area contributed by atoms with Crippen molar-refractivity contribution in [3.05, 3.63) is 18.2 Å². The summed E-state index contributed by atoms with van der Waals surface area (Å²) in [6.07, 6.45) is 4.52. The molecule has 1 aromatic heterocycles. The Labute approximate surface area is 195 Å². The fourth-order valence-corrected chi connectivity index (χ4v) is 3.19. The van der Waals surface area contributed by atoms with Gasteiger partial charge in [-0.15, -0.1) is 0 Å². The van der Waals surface area contributed by atoms with Gasteiger partial charge in [-0.1, -0.05) is 0 Å². The summed E-state index contributed by atoms with van der Waals surface area (Å²) < 4.78 is 0. The molecular formula is C19H31N7O6S. The van der Waals surface area contributed by atoms with Crippen LogP contribution in [0.2, 0.25) is 0 Å². The van der Waals surface area contributed by atoms with Gasteiger partial charge in [0.15, 0.2) is 0 Å². The van der Waals surface area contributed by atoms with E-state index in [4.69, 9.17) is 11.5 Å². The Morgan fingerprint density at radius 3 is 2.18 bits per heavy atom. The first-order valence-corrected chi connectivity index (χ1v) is 11.6. The van der Waals surface area contributed by atoms with Crippen molar-refractivity contribution in [2.24, 2.45) is 11.5 Å². The number of nitrogens with two attached hydrogens (primary N) is 2. The van der Waals surface area contributed by atoms with Crippen LogP contribution in [0.25, 0.3) is 0 Å². The third-order valence-corrected chi connectivity index (χ3v) is 5.21. The molecule has 184 valence electrons. The van der Waals surface area contributed by atoms with E-state index in [0.717, 1.165) is 0 Å². The predicted molar refractivity (Wildman–Crippen MR) is 121 cm³/mol. The van der Waals surface area contributed by atoms with Crippen LogP contribution in [0.4, 0.5) is 0 Å². The number of imidazole rings is 1. The number of nitrogens with zero attached hydrogens (tertiary/aromatic N) is 1. The Hall–Kier alpha value is -3.13. The maximum Gasteiger partial charge on any atom is 0.326 e. The van der Waals surface area contributed by atoms with Crippen molar-refractivity contribution in [3.63, 3.8) is 0 Å². The number of hydrogen-bond acceptors (Lipinski definition) is 8. The lowest BCUT2D eigenvalue weighted by atomic mass is 10.1. The highest BCUT2D eigenvalue weighted by atomic mass is 32.2. The van der Waals surface area contributed by atoms with Crippen LogP contribution in [0.15, 0.2) is 12.5 Å². The van der Waals surface area contributed by atoms with Crippen LogP contribution in [0, 0.1) is 0 Å². The Kier molecular flexibility index (Phi) is 11.9. The number of carboxylic acids is 1. The van der Waals surface area contributed by atoms with Crippen molar-refractivity contribution in [2.75, 3.05) is 12.0 Å². The highest BCUT2D eigenvalue weighted by molar-refractivity contribution is 7.98. The molecule has 4 unspecified atom stereocenters. The quantitative estimate of drug-likeness (QED) is 0.144. The summed E-state index contributed by atoms with van der Waals surface area (Å²) in [5.41, 5.74) is 11.2. The molecule has 0 bridgehead atoms. The predicted octanol–water partition coefficient (Wildman–Crippen LogP) is -2.14. The van der Waals surface area contributed by atoms with Gasteiger partial charge >= 0.3 is 5.97 Å². The molecule has 33 heavy (non-hydrogen) atoms. The molecule has 13 nitrogen and oxygen atoms in total. The van der Waals surface area contributed by atoms with E-state index < -0.39 is 53.8 Å². The first kappa shape index (κ1) is 27.9. The smallest absolute Gasteiger partial charge is 0.326 e. The van der Waals surface area contributed by atoms with Crippen LogP contribution in [0.1, 0.15) is 31.9 Å². The summed E-state index contributed by atoms with van der Waals surface area (Å²) in [7, 11) is 0. The van der Waals surface area contributed by atoms with Gasteiger partial charge in [-0.05, 0) is 31.8 Å². The maximum atomic E-state index is 12.9. The van der Waals surface area contributed by atoms with Crippen molar-refractivity contribution in [1.82, 2.24) is 25.9 Å². The molecule has 0 aromatic carbocycles. The van der Waals surface area contributed by atoms with E-state index in [-0.39, 0.29) is 19.3 Å². The number of H-pyrrole nitrogens is 1. The minimum Gasteiger partial charge on any atom is -0.480 e. The second-order valence-corrected chi connectivity index (χ2v) is 8.36. The Bertz CT molecular complexity index is 818. The topological polar surface area (TPSA) is 222 Å². The minimum absolute atomic E-state index is 0.0176. The average molecular weight is 486 g/mol. The van der Waals surface area contributed by atoms with Gasteiger partial charge in [0.1, 0.15) is 18.1 Å². The van der Waals surface area contributed by atoms with Crippen LogP contribution >= 0.6 is 11.8 Å². The third-order valence-electron chi connectivity index (χ3n) is 4.56. The lowest BCUT2D eigenvalue weighted by molar-refractivity contribution is -0.142. The summed E-state index contributed by atoms with van der Waals surface area (Å²) in [5.74, 6) is -3.43. The monoisotopic (exact) mass is 485 g/mol. The first-order chi connectivity index (χ1) is 15.5. The van der Waals surface area contributed by atoms with Crippen molar-refractivity contribution in [3.8, 4) is 0 Å². The van der Waals surface area contributed by atoms with E-state index in [1.807, 2.05) is 6.26 Å². The average Bonchev–Trinajstić information content (AvgIpc) is 3.25. The normalized spacial score (nSPS) is 14.4. The molecule has 1 heterocycles. The molecule has 0 aliphatic heterocycles. The molecule has 0 spiro atoms. The highest BCUT2D eigenvalue weighted by Crippen LogP contribution is 2.06. The summed E-state index contributed by atoms with van der Waals surface area (Å²) in [6, 6.07) is -4.34. The van der Waals surface area contributed by atoms with Crippen molar-refractivity contribution >= 4 is 41.4 Å². The van der Waals surface area contributed by atoms with Crippen LogP contribution < -0.4 is 27.4 Å². The number of primary amides is 1. The zero-order valence-electron chi connectivity index (χ0n) is 18.5. The second kappa shape index (κ2) is 14.1. The number of amides is 4. The fraction of sp³-hybridized carbons (Fsp3) is 0.579. The molecule has 0 aliphatic rings. The third kappa shape index (κ3) is 10.4. The number of thioether (sulfide) groups is 1. The van der Waals surface area contributed by atoms with E-state index in [1.54, 1.807) is 0 Å². The van der Waals surface area contributed by atoms with E-state index in [2.05, 4.69) is 25.9 Å². The molecule has 9 N–H and O–H groups in total. The van der Waals surface area contributed by atoms with E-state index in [9.17, 15) is 29.1 Å². The Balaban J connectivity index is 3.01. The van der Waals surface area contributed by atoms with Gasteiger partial charge < -0.3 is 37.5 Å². The standard InChI is InChI=1S/C19H31N7O6S/c1-10(20)16(28)24-12(5-6-33-2)17(29)26-14(7-11-8-22-9-23-11)18(30)25-13(19(31)32)3-4-15(21)27/h8-10,12-14H,3-7,20H2,1-2H3,(H2,21,27)(H,22,23)(H,24,28)(H,25,30)(H,26,29)(H,31,32). The molecule has 1 aromatic rings. The van der Waals surface area contributed by atoms with Crippen molar-refractivity contribution < 1.29 is 29.1 Å². The SMILES string of the molecule is CSCCC(NC(=O)C(C)N)C(=O)NC(Cc1cnc[nH]1)C(=O)NC(CCC(N)=O)C(=O)O. The number of nitrogens with one attached hydrogen (secondary N) is 4. The zero-order valence-corrected chi connectivity index (χ0v) is 19.3. The summed E-state index contributed by atoms with van der Waals surface area (Å²) in [6.45, 7) is 1.48. The Morgan fingerprint density at radius 1 is 1.06 bits per heavy atom. The molecule has 14 heteroatoms. The van der Waals surface area contributed by atoms with Crippen LogP contribution in [-0.2, 0) is 30.4 Å². The van der Waals surface area contributed by atoms with Gasteiger partial charge in [-0.2, -0.15) is 11.8 Å². The maximum absolute atomic E-state index is 12.9. The number of aromatic nitrogens is 2. The van der Waals surface area contributed by atoms with Gasteiger partial charge in [-0.25, -0.2) is 9.78 Å². The molecule has 1 rings (SSSR count). The molecule has 0 fully saturated rings. The number of rotatable bonds is 15. The number of aromatic amines is 1. The summed E-state index contributed by atoms with van der Waals surface area (Å²) >= 11 is 1.47. The number of carboxylic acid groups (broad SMARTS) is 1. The van der Waals surface area contributed by atoms with Gasteiger partial charge in [0.2, 0.25) is 23.6 Å². The molecule has 4 amide bonds. The molecular weight excluding hydrogens is 454 g/mol. The van der Waals surface area contributed by atoms with Crippen LogP contribution in [0.5, 0.6) is 0 Å². The Morgan fingerprint density at radius 2 is 1.67 bits per heavy atom. The largest absolute Gasteiger partial charge is 0.480 e. The second-order valence-electron chi connectivity index (χ2n) is 7.38. The fourth-order valence-electron chi connectivity index (χ4n) is 2.72. The van der Waals surface area contributed by atoms with Crippen LogP contribution in [0.3, 0.4) is 0 Å². The van der Waals surface area contributed by atoms with Crippen molar-refractivity contribution in [2.45, 2.75) is 56.8 Å². The lowest BCUT2D eigenvalue weighted by Gasteiger charge is -2.24. The molecule has 4 atom stereocenters. The number of hydrogen-bond donors (Lipinski definition) is 7. The zero-order chi connectivity index (χ0) is 25.0. The molecule has 0 saturated heterocycles. The minimum atomic E-state index is -1.38. The van der Waals surface area contributed by atoms with Gasteiger partial charge in [0.05, 0.1) is 12.4 Å². The van der Waals surface area contributed by atoms with Gasteiger partial charge in [0.25, 0.3) is 0 Å². The van der Waals surface area contributed by atoms with Crippen molar-refractivity contribution in [1.29, 1.82) is 0 Å². The highest BCUT2D eigenvalue weighted by Gasteiger charge is 2.30. The van der Waals surface area contributed by atoms with E-state index >= 15 is 0 Å². The number of carbonyl (C=O) groups excluding carboxylic acids is 4. The molecule has 0 saturated carbocycles.